The van der Waals surface area contributed by atoms with Crippen LogP contribution in [0.1, 0.15) is 28.3 Å². The zero-order valence-electron chi connectivity index (χ0n) is 13.7. The Kier molecular flexibility index (Phi) is 4.75. The molecule has 5 heteroatoms. The molecule has 0 fully saturated rings. The van der Waals surface area contributed by atoms with Gasteiger partial charge in [0, 0.05) is 6.42 Å². The molecule has 0 saturated heterocycles. The molecule has 0 spiro atoms. The van der Waals surface area contributed by atoms with Crippen LogP contribution in [0.15, 0.2) is 59.0 Å². The van der Waals surface area contributed by atoms with Crippen molar-refractivity contribution in [2.75, 3.05) is 7.11 Å². The van der Waals surface area contributed by atoms with Crippen molar-refractivity contribution in [1.29, 1.82) is 0 Å². The van der Waals surface area contributed by atoms with Gasteiger partial charge in [0.15, 0.2) is 5.76 Å². The van der Waals surface area contributed by atoms with Gasteiger partial charge in [0.05, 0.1) is 13.5 Å². The fourth-order valence-corrected chi connectivity index (χ4v) is 2.68. The fraction of sp³-hybridized carbons (Fsp3) is 0.150. The van der Waals surface area contributed by atoms with E-state index in [9.17, 15) is 14.4 Å². The van der Waals surface area contributed by atoms with E-state index in [0.717, 1.165) is 23.4 Å². The van der Waals surface area contributed by atoms with Crippen molar-refractivity contribution in [2.24, 2.45) is 0 Å². The lowest BCUT2D eigenvalue weighted by Gasteiger charge is -2.04. The third-order valence-corrected chi connectivity index (χ3v) is 3.92. The minimum absolute atomic E-state index is 0.0625. The Morgan fingerprint density at radius 2 is 1.72 bits per heavy atom. The number of esters is 1. The minimum atomic E-state index is -1.03. The smallest absolute Gasteiger partial charge is 0.374 e. The van der Waals surface area contributed by atoms with E-state index in [1.54, 1.807) is 6.07 Å². The van der Waals surface area contributed by atoms with Gasteiger partial charge >= 0.3 is 5.97 Å². The zero-order chi connectivity index (χ0) is 17.8. The molecule has 0 unspecified atom stereocenters. The average molecular weight is 336 g/mol. The number of hydrogen-bond donors (Lipinski definition) is 0. The Bertz CT molecular complexity index is 946. The van der Waals surface area contributed by atoms with Crippen molar-refractivity contribution in [3.8, 4) is 0 Å². The van der Waals surface area contributed by atoms with Crippen LogP contribution in [-0.2, 0) is 20.7 Å². The van der Waals surface area contributed by atoms with Crippen LogP contribution in [0.5, 0.6) is 0 Å². The van der Waals surface area contributed by atoms with E-state index >= 15 is 0 Å². The number of carbonyl (C=O) groups excluding carboxylic acids is 3. The number of ketones is 2. The summed E-state index contributed by atoms with van der Waals surface area (Å²) in [5.74, 6) is -1.78. The molecule has 3 rings (SSSR count). The molecule has 0 N–H and O–H groups in total. The van der Waals surface area contributed by atoms with E-state index in [1.165, 1.54) is 6.07 Å². The molecule has 2 aromatic carbocycles. The van der Waals surface area contributed by atoms with Gasteiger partial charge in [-0.15, -0.1) is 0 Å². The van der Waals surface area contributed by atoms with Gasteiger partial charge in [0.25, 0.3) is 0 Å². The van der Waals surface area contributed by atoms with Gasteiger partial charge in [0.1, 0.15) is 5.76 Å². The molecule has 0 aliphatic heterocycles. The summed E-state index contributed by atoms with van der Waals surface area (Å²) >= 11 is 0. The zero-order valence-corrected chi connectivity index (χ0v) is 13.7. The van der Waals surface area contributed by atoms with Crippen LogP contribution < -0.4 is 0 Å². The number of furan rings is 1. The van der Waals surface area contributed by atoms with Gasteiger partial charge in [-0.25, -0.2) is 4.79 Å². The standard InChI is InChI=1S/C20H16O5/c1-24-20(23)18(22)12-17(21)19-10-9-15(25-19)11-14-7-4-6-13-5-2-3-8-16(13)14/h2-10H,11-12H2,1H3. The van der Waals surface area contributed by atoms with Crippen molar-refractivity contribution < 1.29 is 23.5 Å². The molecule has 0 amide bonds. The van der Waals surface area contributed by atoms with Crippen molar-refractivity contribution >= 4 is 28.3 Å². The SMILES string of the molecule is COC(=O)C(=O)CC(=O)c1ccc(Cc2cccc3ccccc23)o1. The summed E-state index contributed by atoms with van der Waals surface area (Å²) in [5, 5.41) is 2.25. The average Bonchev–Trinajstić information content (AvgIpc) is 3.10. The number of Topliss-reactive ketones (excluding diaryl/α,β-unsaturated/α-hetero) is 2. The number of carbonyl (C=O) groups is 3. The summed E-state index contributed by atoms with van der Waals surface area (Å²) in [6, 6.07) is 17.3. The molecule has 0 atom stereocenters. The van der Waals surface area contributed by atoms with Gasteiger partial charge in [-0.3, -0.25) is 9.59 Å². The first-order valence-electron chi connectivity index (χ1n) is 7.78. The highest BCUT2D eigenvalue weighted by molar-refractivity contribution is 6.37. The van der Waals surface area contributed by atoms with Crippen molar-refractivity contribution in [3.05, 3.63) is 71.7 Å². The van der Waals surface area contributed by atoms with E-state index in [-0.39, 0.29) is 5.76 Å². The molecule has 0 saturated carbocycles. The lowest BCUT2D eigenvalue weighted by molar-refractivity contribution is -0.151. The normalized spacial score (nSPS) is 10.6. The Labute approximate surface area is 144 Å². The quantitative estimate of drug-likeness (QED) is 0.299. The summed E-state index contributed by atoms with van der Waals surface area (Å²) in [5.41, 5.74) is 1.08. The summed E-state index contributed by atoms with van der Waals surface area (Å²) in [6.45, 7) is 0. The number of ether oxygens (including phenoxy) is 1. The van der Waals surface area contributed by atoms with Crippen LogP contribution in [0.3, 0.4) is 0 Å². The number of hydrogen-bond acceptors (Lipinski definition) is 5. The third kappa shape index (κ3) is 3.66. The molecule has 0 bridgehead atoms. The molecule has 25 heavy (non-hydrogen) atoms. The lowest BCUT2D eigenvalue weighted by Crippen LogP contribution is -2.19. The summed E-state index contributed by atoms with van der Waals surface area (Å²) < 4.78 is 9.86. The second kappa shape index (κ2) is 7.13. The first-order valence-corrected chi connectivity index (χ1v) is 7.78. The van der Waals surface area contributed by atoms with Gasteiger partial charge in [-0.1, -0.05) is 42.5 Å². The maximum absolute atomic E-state index is 12.0. The number of methoxy groups -OCH3 is 1. The predicted molar refractivity (Wildman–Crippen MR) is 91.4 cm³/mol. The van der Waals surface area contributed by atoms with Gasteiger partial charge in [-0.2, -0.15) is 0 Å². The highest BCUT2D eigenvalue weighted by Gasteiger charge is 2.21. The Morgan fingerprint density at radius 3 is 2.52 bits per heavy atom. The summed E-state index contributed by atoms with van der Waals surface area (Å²) in [4.78, 5) is 34.6. The van der Waals surface area contributed by atoms with Crippen molar-refractivity contribution in [2.45, 2.75) is 12.8 Å². The first kappa shape index (κ1) is 16.6. The summed E-state index contributed by atoms with van der Waals surface area (Å²) in [6.07, 6.45) is -0.0343. The molecule has 0 aliphatic carbocycles. The monoisotopic (exact) mass is 336 g/mol. The number of benzene rings is 2. The molecule has 0 radical (unpaired) electrons. The van der Waals surface area contributed by atoms with Gasteiger partial charge in [0.2, 0.25) is 11.6 Å². The van der Waals surface area contributed by atoms with Crippen LogP contribution in [0.25, 0.3) is 10.8 Å². The van der Waals surface area contributed by atoms with Crippen molar-refractivity contribution in [3.63, 3.8) is 0 Å². The molecular weight excluding hydrogens is 320 g/mol. The van der Waals surface area contributed by atoms with Crippen LogP contribution in [0.4, 0.5) is 0 Å². The number of fused-ring (bicyclic) bond motifs is 1. The van der Waals surface area contributed by atoms with Crippen LogP contribution in [0.2, 0.25) is 0 Å². The van der Waals surface area contributed by atoms with E-state index in [2.05, 4.69) is 4.74 Å². The molecular formula is C20H16O5. The highest BCUT2D eigenvalue weighted by Crippen LogP contribution is 2.22. The Morgan fingerprint density at radius 1 is 0.960 bits per heavy atom. The third-order valence-electron chi connectivity index (χ3n) is 3.92. The second-order valence-corrected chi connectivity index (χ2v) is 5.60. The maximum atomic E-state index is 12.0. The molecule has 1 aromatic heterocycles. The summed E-state index contributed by atoms with van der Waals surface area (Å²) in [7, 11) is 1.10. The van der Waals surface area contributed by atoms with Crippen LogP contribution in [0, 0.1) is 0 Å². The van der Waals surface area contributed by atoms with Crippen molar-refractivity contribution in [1.82, 2.24) is 0 Å². The molecule has 3 aromatic rings. The van der Waals surface area contributed by atoms with E-state index in [4.69, 9.17) is 4.42 Å². The largest absolute Gasteiger partial charge is 0.463 e. The van der Waals surface area contributed by atoms with Crippen LogP contribution >= 0.6 is 0 Å². The first-order chi connectivity index (χ1) is 12.1. The van der Waals surface area contributed by atoms with Gasteiger partial charge < -0.3 is 9.15 Å². The molecule has 0 aliphatic rings. The van der Waals surface area contributed by atoms with Gasteiger partial charge in [-0.05, 0) is 28.5 Å². The molecule has 126 valence electrons. The Hall–Kier alpha value is -3.21. The fourth-order valence-electron chi connectivity index (χ4n) is 2.68. The minimum Gasteiger partial charge on any atom is -0.463 e. The second-order valence-electron chi connectivity index (χ2n) is 5.60. The van der Waals surface area contributed by atoms with Crippen LogP contribution in [-0.4, -0.2) is 24.6 Å². The highest BCUT2D eigenvalue weighted by atomic mass is 16.5. The van der Waals surface area contributed by atoms with E-state index < -0.39 is 24.0 Å². The van der Waals surface area contributed by atoms with E-state index in [0.29, 0.717) is 12.2 Å². The van der Waals surface area contributed by atoms with E-state index in [1.807, 2.05) is 42.5 Å². The maximum Gasteiger partial charge on any atom is 0.374 e. The molecule has 1 heterocycles. The predicted octanol–water partition coefficient (Wildman–Crippen LogP) is 3.34. The lowest BCUT2D eigenvalue weighted by atomic mass is 10.0. The number of rotatable bonds is 6. The molecule has 5 nitrogen and oxygen atoms in total. The Balaban J connectivity index is 1.76. The topological polar surface area (TPSA) is 73.6 Å².